The van der Waals surface area contributed by atoms with Crippen LogP contribution in [0.2, 0.25) is 0 Å². The van der Waals surface area contributed by atoms with Crippen molar-refractivity contribution in [2.75, 3.05) is 13.2 Å². The van der Waals surface area contributed by atoms with Crippen LogP contribution in [0.15, 0.2) is 136 Å². The SMILES string of the molecule is CC1=C(C(=O)Oc2ccccc2)C(c2ccccc2)n2c(s/c(=C/c3ccccc3OCCOc3ccccc3)c2=O)=N1. The van der Waals surface area contributed by atoms with Crippen molar-refractivity contribution in [3.8, 4) is 17.2 Å². The van der Waals surface area contributed by atoms with Crippen LogP contribution in [0, 0.1) is 0 Å². The molecule has 0 spiro atoms. The number of benzene rings is 4. The van der Waals surface area contributed by atoms with Gasteiger partial charge in [0.2, 0.25) is 0 Å². The molecule has 6 rings (SSSR count). The van der Waals surface area contributed by atoms with Gasteiger partial charge < -0.3 is 14.2 Å². The van der Waals surface area contributed by atoms with Gasteiger partial charge in [0.25, 0.3) is 5.56 Å². The molecule has 0 saturated heterocycles. The van der Waals surface area contributed by atoms with Gasteiger partial charge in [-0.3, -0.25) is 9.36 Å². The average Bonchev–Trinajstić information content (AvgIpc) is 3.34. The van der Waals surface area contributed by atoms with Crippen molar-refractivity contribution in [3.63, 3.8) is 0 Å². The summed E-state index contributed by atoms with van der Waals surface area (Å²) >= 11 is 1.27. The molecular weight excluding hydrogens is 560 g/mol. The second-order valence-corrected chi connectivity index (χ2v) is 10.8. The monoisotopic (exact) mass is 588 g/mol. The number of rotatable bonds is 9. The van der Waals surface area contributed by atoms with Crippen LogP contribution in [-0.4, -0.2) is 23.8 Å². The highest BCUT2D eigenvalue weighted by atomic mass is 32.1. The molecule has 4 aromatic carbocycles. The molecule has 1 unspecified atom stereocenters. The zero-order chi connectivity index (χ0) is 29.6. The fourth-order valence-electron chi connectivity index (χ4n) is 4.88. The van der Waals surface area contributed by atoms with E-state index < -0.39 is 12.0 Å². The standard InChI is InChI=1S/C35H28N2O5S/c1-24-31(34(39)42-28-18-9-4-10-19-28)32(25-13-5-2-6-14-25)37-33(38)30(43-35(37)36-24)23-26-15-11-12-20-29(26)41-22-21-40-27-16-7-3-8-17-27/h2-20,23,32H,21-22H2,1H3/b30-23+. The minimum atomic E-state index is -0.697. The lowest BCUT2D eigenvalue weighted by Gasteiger charge is -2.24. The molecule has 0 aliphatic carbocycles. The summed E-state index contributed by atoms with van der Waals surface area (Å²) in [6.07, 6.45) is 1.81. The Hall–Kier alpha value is -5.21. The Morgan fingerprint density at radius 2 is 1.42 bits per heavy atom. The number of fused-ring (bicyclic) bond motifs is 1. The Morgan fingerprint density at radius 3 is 2.14 bits per heavy atom. The van der Waals surface area contributed by atoms with Gasteiger partial charge in [-0.2, -0.15) is 0 Å². The first-order valence-corrected chi connectivity index (χ1v) is 14.6. The van der Waals surface area contributed by atoms with Gasteiger partial charge in [0.05, 0.1) is 21.8 Å². The van der Waals surface area contributed by atoms with Crippen molar-refractivity contribution in [1.82, 2.24) is 4.57 Å². The first-order valence-electron chi connectivity index (χ1n) is 13.8. The average molecular weight is 589 g/mol. The minimum Gasteiger partial charge on any atom is -0.490 e. The second-order valence-electron chi connectivity index (χ2n) is 9.74. The topological polar surface area (TPSA) is 79.1 Å². The highest BCUT2D eigenvalue weighted by Gasteiger charge is 2.33. The van der Waals surface area contributed by atoms with E-state index in [0.29, 0.717) is 45.3 Å². The lowest BCUT2D eigenvalue weighted by Crippen LogP contribution is -2.40. The van der Waals surface area contributed by atoms with E-state index in [1.165, 1.54) is 11.3 Å². The number of carbonyl (C=O) groups excluding carboxylic acids is 1. The Balaban J connectivity index is 1.34. The van der Waals surface area contributed by atoms with Crippen molar-refractivity contribution in [2.24, 2.45) is 4.99 Å². The molecule has 0 bridgehead atoms. The van der Waals surface area contributed by atoms with Crippen LogP contribution in [0.1, 0.15) is 24.1 Å². The van der Waals surface area contributed by atoms with E-state index in [4.69, 9.17) is 19.2 Å². The predicted molar refractivity (Wildman–Crippen MR) is 166 cm³/mol. The maximum atomic E-state index is 14.0. The van der Waals surface area contributed by atoms with Gasteiger partial charge in [0.15, 0.2) is 4.80 Å². The molecule has 7 nitrogen and oxygen atoms in total. The number of thiazole rings is 1. The summed E-state index contributed by atoms with van der Waals surface area (Å²) in [6.45, 7) is 2.48. The summed E-state index contributed by atoms with van der Waals surface area (Å²) in [5.41, 5.74) is 2.10. The molecule has 5 aromatic rings. The van der Waals surface area contributed by atoms with E-state index >= 15 is 0 Å². The van der Waals surface area contributed by atoms with Crippen LogP contribution >= 0.6 is 11.3 Å². The largest absolute Gasteiger partial charge is 0.490 e. The summed E-state index contributed by atoms with van der Waals surface area (Å²) in [4.78, 5) is 32.8. The first-order chi connectivity index (χ1) is 21.1. The lowest BCUT2D eigenvalue weighted by molar-refractivity contribution is -0.130. The molecule has 0 fully saturated rings. The van der Waals surface area contributed by atoms with Gasteiger partial charge in [-0.25, -0.2) is 9.79 Å². The number of nitrogens with zero attached hydrogens (tertiary/aromatic N) is 2. The molecule has 1 atom stereocenters. The number of aromatic nitrogens is 1. The molecule has 2 heterocycles. The van der Waals surface area contributed by atoms with E-state index in [9.17, 15) is 9.59 Å². The van der Waals surface area contributed by atoms with Crippen LogP contribution < -0.4 is 29.1 Å². The highest BCUT2D eigenvalue weighted by molar-refractivity contribution is 7.07. The van der Waals surface area contributed by atoms with Crippen LogP contribution in [0.3, 0.4) is 0 Å². The van der Waals surface area contributed by atoms with Gasteiger partial charge >= 0.3 is 5.97 Å². The third-order valence-corrected chi connectivity index (χ3v) is 7.85. The van der Waals surface area contributed by atoms with Crippen LogP contribution in [-0.2, 0) is 4.79 Å². The number of hydrogen-bond acceptors (Lipinski definition) is 7. The smallest absolute Gasteiger partial charge is 0.343 e. The molecule has 214 valence electrons. The van der Waals surface area contributed by atoms with Gasteiger partial charge in [0.1, 0.15) is 30.5 Å². The van der Waals surface area contributed by atoms with Gasteiger partial charge in [-0.15, -0.1) is 0 Å². The number of esters is 1. The number of ether oxygens (including phenoxy) is 3. The van der Waals surface area contributed by atoms with Crippen molar-refractivity contribution in [2.45, 2.75) is 13.0 Å². The summed E-state index contributed by atoms with van der Waals surface area (Å²) < 4.78 is 19.6. The molecular formula is C35H28N2O5S. The normalized spacial score (nSPS) is 14.5. The molecule has 1 aliphatic rings. The number of hydrogen-bond donors (Lipinski definition) is 0. The van der Waals surface area contributed by atoms with E-state index in [2.05, 4.69) is 0 Å². The van der Waals surface area contributed by atoms with Crippen molar-refractivity contribution in [3.05, 3.63) is 157 Å². The summed E-state index contributed by atoms with van der Waals surface area (Å²) in [7, 11) is 0. The summed E-state index contributed by atoms with van der Waals surface area (Å²) in [5, 5.41) is 0. The predicted octanol–water partition coefficient (Wildman–Crippen LogP) is 5.30. The molecule has 1 aliphatic heterocycles. The third-order valence-electron chi connectivity index (χ3n) is 6.87. The highest BCUT2D eigenvalue weighted by Crippen LogP contribution is 2.31. The molecule has 43 heavy (non-hydrogen) atoms. The maximum absolute atomic E-state index is 14.0. The van der Waals surface area contributed by atoms with Crippen molar-refractivity contribution >= 4 is 23.4 Å². The Kier molecular flexibility index (Phi) is 8.28. The van der Waals surface area contributed by atoms with Crippen LogP contribution in [0.25, 0.3) is 6.08 Å². The fourth-order valence-corrected chi connectivity index (χ4v) is 5.92. The van der Waals surface area contributed by atoms with E-state index in [1.54, 1.807) is 41.8 Å². The van der Waals surface area contributed by atoms with E-state index in [-0.39, 0.29) is 5.56 Å². The quantitative estimate of drug-likeness (QED) is 0.133. The van der Waals surface area contributed by atoms with Crippen molar-refractivity contribution < 1.29 is 19.0 Å². The van der Waals surface area contributed by atoms with Gasteiger partial charge in [0, 0.05) is 5.56 Å². The van der Waals surface area contributed by atoms with Gasteiger partial charge in [-0.05, 0) is 48.9 Å². The summed E-state index contributed by atoms with van der Waals surface area (Å²) in [5.74, 6) is 1.28. The second kappa shape index (κ2) is 12.8. The first kappa shape index (κ1) is 27.9. The zero-order valence-electron chi connectivity index (χ0n) is 23.4. The van der Waals surface area contributed by atoms with E-state index in [0.717, 1.165) is 16.9 Å². The molecule has 0 radical (unpaired) electrons. The minimum absolute atomic E-state index is 0.252. The Labute approximate surface area is 252 Å². The van der Waals surface area contributed by atoms with Crippen molar-refractivity contribution in [1.29, 1.82) is 0 Å². The zero-order valence-corrected chi connectivity index (χ0v) is 24.2. The van der Waals surface area contributed by atoms with Crippen LogP contribution in [0.5, 0.6) is 17.2 Å². The third kappa shape index (κ3) is 6.19. The van der Waals surface area contributed by atoms with Crippen LogP contribution in [0.4, 0.5) is 0 Å². The number of carbonyl (C=O) groups is 1. The summed E-state index contributed by atoms with van der Waals surface area (Å²) in [6, 6.07) is 34.7. The molecule has 1 aromatic heterocycles. The molecule has 0 amide bonds. The lowest BCUT2D eigenvalue weighted by atomic mass is 9.96. The Bertz CT molecular complexity index is 1950. The Morgan fingerprint density at radius 1 is 0.814 bits per heavy atom. The molecule has 0 N–H and O–H groups in total. The number of para-hydroxylation sites is 3. The molecule has 8 heteroatoms. The fraction of sp³-hybridized carbons (Fsp3) is 0.114. The maximum Gasteiger partial charge on any atom is 0.343 e. The number of allylic oxidation sites excluding steroid dienone is 1. The van der Waals surface area contributed by atoms with E-state index in [1.807, 2.05) is 91.0 Å². The molecule has 0 saturated carbocycles. The van der Waals surface area contributed by atoms with Gasteiger partial charge in [-0.1, -0.05) is 96.3 Å².